The zero-order valence-corrected chi connectivity index (χ0v) is 17.6. The normalized spacial score (nSPS) is 11.4. The van der Waals surface area contributed by atoms with Gasteiger partial charge in [0.25, 0.3) is 0 Å². The molecule has 1 unspecified atom stereocenters. The Morgan fingerprint density at radius 3 is 2.40 bits per heavy atom. The van der Waals surface area contributed by atoms with E-state index in [9.17, 15) is 15.2 Å². The number of carboxylic acids is 1. The van der Waals surface area contributed by atoms with Gasteiger partial charge in [0, 0.05) is 5.56 Å². The van der Waals surface area contributed by atoms with Gasteiger partial charge in [-0.05, 0) is 42.3 Å². The van der Waals surface area contributed by atoms with Gasteiger partial charge in [-0.1, -0.05) is 42.1 Å². The van der Waals surface area contributed by atoms with Crippen molar-refractivity contribution in [2.75, 3.05) is 14.2 Å². The van der Waals surface area contributed by atoms with Crippen LogP contribution in [0.5, 0.6) is 11.5 Å². The first-order valence-corrected chi connectivity index (χ1v) is 9.95. The quantitative estimate of drug-likeness (QED) is 0.545. The number of pyridine rings is 1. The van der Waals surface area contributed by atoms with Crippen molar-refractivity contribution in [3.63, 3.8) is 0 Å². The van der Waals surface area contributed by atoms with Crippen molar-refractivity contribution in [3.05, 3.63) is 71.3 Å². The molecule has 7 heteroatoms. The number of nitrogens with zero attached hydrogens (tertiary/aromatic N) is 2. The summed E-state index contributed by atoms with van der Waals surface area (Å²) in [5, 5.41) is 18.9. The molecule has 1 aromatic heterocycles. The minimum Gasteiger partial charge on any atom is -0.493 e. The molecule has 3 aromatic rings. The van der Waals surface area contributed by atoms with E-state index >= 15 is 0 Å². The van der Waals surface area contributed by atoms with E-state index in [-0.39, 0.29) is 0 Å². The molecule has 0 aliphatic carbocycles. The lowest BCUT2D eigenvalue weighted by atomic mass is 10.1. The van der Waals surface area contributed by atoms with E-state index in [1.54, 1.807) is 50.6 Å². The predicted molar refractivity (Wildman–Crippen MR) is 115 cm³/mol. The lowest BCUT2D eigenvalue weighted by molar-refractivity contribution is -0.136. The highest BCUT2D eigenvalue weighted by Gasteiger charge is 2.24. The molecule has 0 saturated carbocycles. The molecule has 0 amide bonds. The molecular weight excluding hydrogens is 400 g/mol. The van der Waals surface area contributed by atoms with Crippen molar-refractivity contribution >= 4 is 17.7 Å². The fraction of sp³-hybridized carbons (Fsp3) is 0.174. The highest BCUT2D eigenvalue weighted by Crippen LogP contribution is 2.39. The fourth-order valence-electron chi connectivity index (χ4n) is 3.01. The third kappa shape index (κ3) is 4.39. The predicted octanol–water partition coefficient (Wildman–Crippen LogP) is 4.86. The zero-order valence-electron chi connectivity index (χ0n) is 16.7. The van der Waals surface area contributed by atoms with Crippen molar-refractivity contribution in [1.29, 1.82) is 5.26 Å². The summed E-state index contributed by atoms with van der Waals surface area (Å²) in [7, 11) is 3.11. The van der Waals surface area contributed by atoms with Crippen molar-refractivity contribution in [2.24, 2.45) is 0 Å². The van der Waals surface area contributed by atoms with Crippen LogP contribution in [-0.2, 0) is 4.79 Å². The molecule has 0 aliphatic rings. The zero-order chi connectivity index (χ0) is 21.7. The summed E-state index contributed by atoms with van der Waals surface area (Å²) < 4.78 is 10.7. The number of hydrogen-bond acceptors (Lipinski definition) is 6. The molecule has 0 bridgehead atoms. The Hall–Kier alpha value is -3.50. The van der Waals surface area contributed by atoms with E-state index in [1.165, 1.54) is 0 Å². The number of methoxy groups -OCH3 is 2. The number of aromatic nitrogens is 1. The fourth-order valence-corrected chi connectivity index (χ4v) is 4.10. The van der Waals surface area contributed by atoms with Gasteiger partial charge in [-0.15, -0.1) is 0 Å². The third-order valence-corrected chi connectivity index (χ3v) is 5.76. The van der Waals surface area contributed by atoms with Crippen molar-refractivity contribution in [3.8, 4) is 28.8 Å². The summed E-state index contributed by atoms with van der Waals surface area (Å²) in [6, 6.07) is 18.3. The molecule has 0 spiro atoms. The molecular formula is C23H20N2O4S. The molecule has 30 heavy (non-hydrogen) atoms. The van der Waals surface area contributed by atoms with Gasteiger partial charge in [0.1, 0.15) is 16.3 Å². The number of nitriles is 1. The minimum absolute atomic E-state index is 0.367. The second-order valence-electron chi connectivity index (χ2n) is 6.43. The average Bonchev–Trinajstić information content (AvgIpc) is 2.77. The second-order valence-corrected chi connectivity index (χ2v) is 7.53. The van der Waals surface area contributed by atoms with Crippen LogP contribution < -0.4 is 9.47 Å². The van der Waals surface area contributed by atoms with Gasteiger partial charge in [-0.2, -0.15) is 5.26 Å². The SMILES string of the molecule is COc1ccc(-c2cc(C)c(C#N)c(SC(C(=O)O)c3ccccc3)n2)cc1OC. The first-order chi connectivity index (χ1) is 14.5. The van der Waals surface area contributed by atoms with Crippen molar-refractivity contribution < 1.29 is 19.4 Å². The van der Waals surface area contributed by atoms with Crippen LogP contribution in [0, 0.1) is 18.3 Å². The Kier molecular flexibility index (Phi) is 6.60. The number of carbonyl (C=O) groups is 1. The van der Waals surface area contributed by atoms with Gasteiger partial charge in [-0.3, -0.25) is 4.79 Å². The van der Waals surface area contributed by atoms with Crippen LogP contribution >= 0.6 is 11.8 Å². The van der Waals surface area contributed by atoms with E-state index in [2.05, 4.69) is 11.1 Å². The number of hydrogen-bond donors (Lipinski definition) is 1. The van der Waals surface area contributed by atoms with Crippen LogP contribution in [0.3, 0.4) is 0 Å². The Balaban J connectivity index is 2.08. The highest BCUT2D eigenvalue weighted by atomic mass is 32.2. The van der Waals surface area contributed by atoms with Crippen LogP contribution in [-0.4, -0.2) is 30.3 Å². The minimum atomic E-state index is -0.994. The van der Waals surface area contributed by atoms with Crippen molar-refractivity contribution in [1.82, 2.24) is 4.98 Å². The second kappa shape index (κ2) is 9.33. The molecule has 1 atom stereocenters. The molecule has 0 fully saturated rings. The van der Waals surface area contributed by atoms with Gasteiger partial charge in [0.05, 0.1) is 25.5 Å². The molecule has 2 aromatic carbocycles. The number of aryl methyl sites for hydroxylation is 1. The van der Waals surface area contributed by atoms with Gasteiger partial charge < -0.3 is 14.6 Å². The lowest BCUT2D eigenvalue weighted by Crippen LogP contribution is -2.09. The summed E-state index contributed by atoms with van der Waals surface area (Å²) in [4.78, 5) is 16.6. The number of aliphatic carboxylic acids is 1. The smallest absolute Gasteiger partial charge is 0.321 e. The summed E-state index contributed by atoms with van der Waals surface area (Å²) in [5.41, 5.74) is 3.11. The lowest BCUT2D eigenvalue weighted by Gasteiger charge is -2.15. The van der Waals surface area contributed by atoms with Crippen LogP contribution in [0.2, 0.25) is 0 Å². The van der Waals surface area contributed by atoms with Gasteiger partial charge in [-0.25, -0.2) is 4.98 Å². The van der Waals surface area contributed by atoms with Crippen LogP contribution in [0.1, 0.15) is 21.9 Å². The van der Waals surface area contributed by atoms with E-state index in [0.29, 0.717) is 33.3 Å². The maximum atomic E-state index is 11.9. The largest absolute Gasteiger partial charge is 0.493 e. The number of rotatable bonds is 7. The highest BCUT2D eigenvalue weighted by molar-refractivity contribution is 8.00. The van der Waals surface area contributed by atoms with Gasteiger partial charge in [0.2, 0.25) is 0 Å². The average molecular weight is 420 g/mol. The van der Waals surface area contributed by atoms with Gasteiger partial charge in [0.15, 0.2) is 11.5 Å². The first-order valence-electron chi connectivity index (χ1n) is 9.07. The number of ether oxygens (including phenoxy) is 2. The third-order valence-electron chi connectivity index (χ3n) is 4.53. The Labute approximate surface area is 179 Å². The monoisotopic (exact) mass is 420 g/mol. The summed E-state index contributed by atoms with van der Waals surface area (Å²) in [6.45, 7) is 1.81. The molecule has 0 radical (unpaired) electrons. The number of benzene rings is 2. The molecule has 1 N–H and O–H groups in total. The van der Waals surface area contributed by atoms with Crippen LogP contribution in [0.15, 0.2) is 59.6 Å². The summed E-state index contributed by atoms with van der Waals surface area (Å²) >= 11 is 1.05. The molecule has 1 heterocycles. The Morgan fingerprint density at radius 2 is 1.80 bits per heavy atom. The standard InChI is InChI=1S/C23H20N2O4S/c1-14-11-18(16-9-10-19(28-2)20(12-16)29-3)25-22(17(14)13-24)30-21(23(26)27)15-7-5-4-6-8-15/h4-12,21H,1-3H3,(H,26,27). The summed E-state index contributed by atoms with van der Waals surface area (Å²) in [5.74, 6) is 0.156. The molecule has 0 aliphatic heterocycles. The van der Waals surface area contributed by atoms with Crippen molar-refractivity contribution in [2.45, 2.75) is 17.2 Å². The van der Waals surface area contributed by atoms with Gasteiger partial charge >= 0.3 is 5.97 Å². The molecule has 152 valence electrons. The molecule has 6 nitrogen and oxygen atoms in total. The number of thioether (sulfide) groups is 1. The molecule has 0 saturated heterocycles. The van der Waals surface area contributed by atoms with E-state index < -0.39 is 11.2 Å². The maximum Gasteiger partial charge on any atom is 0.321 e. The van der Waals surface area contributed by atoms with E-state index in [0.717, 1.165) is 22.9 Å². The van der Waals surface area contributed by atoms with E-state index in [4.69, 9.17) is 9.47 Å². The van der Waals surface area contributed by atoms with Crippen LogP contribution in [0.4, 0.5) is 0 Å². The maximum absolute atomic E-state index is 11.9. The topological polar surface area (TPSA) is 92.4 Å². The Morgan fingerprint density at radius 1 is 1.10 bits per heavy atom. The van der Waals surface area contributed by atoms with E-state index in [1.807, 2.05) is 25.1 Å². The first kappa shape index (κ1) is 21.2. The Bertz CT molecular complexity index is 1110. The summed E-state index contributed by atoms with van der Waals surface area (Å²) in [6.07, 6.45) is 0. The number of carboxylic acid groups (broad SMARTS) is 1. The molecule has 3 rings (SSSR count). The van der Waals surface area contributed by atoms with Crippen LogP contribution in [0.25, 0.3) is 11.3 Å².